The molecule has 1 atom stereocenters. The van der Waals surface area contributed by atoms with Crippen LogP contribution in [-0.4, -0.2) is 20.2 Å². The number of hydrogen-bond donors (Lipinski definition) is 0. The molecule has 0 fully saturated rings. The molecule has 0 spiro atoms. The SMILES string of the molecule is [2H]C([2H])([2H])C(C(=O)OC)c1ccc2cc(OC)ccc2c1. The van der Waals surface area contributed by atoms with E-state index in [4.69, 9.17) is 8.85 Å². The maximum Gasteiger partial charge on any atom is 0.312 e. The van der Waals surface area contributed by atoms with Gasteiger partial charge in [0.25, 0.3) is 0 Å². The molecular formula is C15H16O3. The smallest absolute Gasteiger partial charge is 0.312 e. The zero-order valence-corrected chi connectivity index (χ0v) is 10.3. The lowest BCUT2D eigenvalue weighted by Crippen LogP contribution is -2.10. The largest absolute Gasteiger partial charge is 0.497 e. The molecule has 3 nitrogen and oxygen atoms in total. The normalized spacial score (nSPS) is 15.3. The van der Waals surface area contributed by atoms with Crippen molar-refractivity contribution in [2.45, 2.75) is 12.8 Å². The summed E-state index contributed by atoms with van der Waals surface area (Å²) in [6.45, 7) is -2.45. The maximum absolute atomic E-state index is 11.8. The van der Waals surface area contributed by atoms with Crippen molar-refractivity contribution in [1.29, 1.82) is 0 Å². The van der Waals surface area contributed by atoms with Crippen LogP contribution in [0.3, 0.4) is 0 Å². The van der Waals surface area contributed by atoms with E-state index in [0.29, 0.717) is 5.56 Å². The number of esters is 1. The van der Waals surface area contributed by atoms with E-state index in [2.05, 4.69) is 4.74 Å². The predicted octanol–water partition coefficient (Wildman–Crippen LogP) is 3.12. The van der Waals surface area contributed by atoms with Crippen LogP contribution in [0.2, 0.25) is 0 Å². The van der Waals surface area contributed by atoms with E-state index in [1.165, 1.54) is 7.11 Å². The van der Waals surface area contributed by atoms with Gasteiger partial charge in [-0.1, -0.05) is 24.3 Å². The van der Waals surface area contributed by atoms with Crippen molar-refractivity contribution in [1.82, 2.24) is 0 Å². The molecule has 0 aliphatic carbocycles. The van der Waals surface area contributed by atoms with Crippen LogP contribution in [0.5, 0.6) is 5.75 Å². The molecule has 0 heterocycles. The van der Waals surface area contributed by atoms with Crippen LogP contribution in [-0.2, 0) is 9.53 Å². The van der Waals surface area contributed by atoms with Gasteiger partial charge in [-0.3, -0.25) is 4.79 Å². The second-order valence-corrected chi connectivity index (χ2v) is 3.93. The highest BCUT2D eigenvalue weighted by molar-refractivity contribution is 5.86. The maximum atomic E-state index is 11.8. The fourth-order valence-electron chi connectivity index (χ4n) is 1.80. The number of benzene rings is 2. The summed E-state index contributed by atoms with van der Waals surface area (Å²) < 4.78 is 32.4. The van der Waals surface area contributed by atoms with Gasteiger partial charge in [0.15, 0.2) is 0 Å². The molecule has 18 heavy (non-hydrogen) atoms. The van der Waals surface area contributed by atoms with E-state index >= 15 is 0 Å². The summed E-state index contributed by atoms with van der Waals surface area (Å²) in [5.41, 5.74) is 0.416. The van der Waals surface area contributed by atoms with Gasteiger partial charge in [0.2, 0.25) is 0 Å². The summed E-state index contributed by atoms with van der Waals surface area (Å²) in [7, 11) is 2.77. The molecule has 0 saturated heterocycles. The number of rotatable bonds is 3. The number of ether oxygens (including phenoxy) is 2. The lowest BCUT2D eigenvalue weighted by Gasteiger charge is -2.10. The van der Waals surface area contributed by atoms with E-state index in [1.54, 1.807) is 31.4 Å². The molecule has 2 aromatic carbocycles. The Morgan fingerprint density at radius 1 is 1.17 bits per heavy atom. The van der Waals surface area contributed by atoms with Crippen molar-refractivity contribution in [2.75, 3.05) is 14.2 Å². The first-order valence-electron chi connectivity index (χ1n) is 7.02. The Balaban J connectivity index is 2.52. The number of methoxy groups -OCH3 is 2. The summed E-state index contributed by atoms with van der Waals surface area (Å²) in [6.07, 6.45) is 0. The fraction of sp³-hybridized carbons (Fsp3) is 0.267. The molecule has 2 aromatic rings. The van der Waals surface area contributed by atoms with Gasteiger partial charge in [-0.25, -0.2) is 0 Å². The summed E-state index contributed by atoms with van der Waals surface area (Å²) >= 11 is 0. The van der Waals surface area contributed by atoms with Gasteiger partial charge in [0.05, 0.1) is 20.1 Å². The quantitative estimate of drug-likeness (QED) is 0.782. The van der Waals surface area contributed by atoms with E-state index in [9.17, 15) is 4.79 Å². The standard InChI is InChI=1S/C15H16O3/c1-10(15(16)18-3)11-4-5-13-9-14(17-2)7-6-12(13)8-11/h4-10H,1-3H3/i1D3. The van der Waals surface area contributed by atoms with Gasteiger partial charge in [0, 0.05) is 4.11 Å². The molecule has 0 bridgehead atoms. The minimum absolute atomic E-state index is 0.416. The van der Waals surface area contributed by atoms with Crippen LogP contribution in [0, 0.1) is 0 Å². The number of fused-ring (bicyclic) bond motifs is 1. The van der Waals surface area contributed by atoms with E-state index in [0.717, 1.165) is 16.5 Å². The molecular weight excluding hydrogens is 228 g/mol. The molecule has 94 valence electrons. The molecule has 0 aliphatic heterocycles. The molecule has 0 radical (unpaired) electrons. The number of hydrogen-bond acceptors (Lipinski definition) is 3. The lowest BCUT2D eigenvalue weighted by atomic mass is 9.98. The van der Waals surface area contributed by atoms with Gasteiger partial charge in [-0.05, 0) is 35.3 Å². The second kappa shape index (κ2) is 5.08. The summed E-state index contributed by atoms with van der Waals surface area (Å²) in [5.74, 6) is -1.33. The first-order chi connectivity index (χ1) is 9.86. The van der Waals surface area contributed by atoms with Gasteiger partial charge in [-0.2, -0.15) is 0 Å². The molecule has 1 unspecified atom stereocenters. The van der Waals surface area contributed by atoms with E-state index in [1.807, 2.05) is 12.1 Å². The summed E-state index contributed by atoms with van der Waals surface area (Å²) in [6, 6.07) is 10.6. The topological polar surface area (TPSA) is 35.5 Å². The van der Waals surface area contributed by atoms with Crippen molar-refractivity contribution in [3.05, 3.63) is 42.0 Å². The third kappa shape index (κ3) is 2.30. The molecule has 3 heteroatoms. The number of carbonyl (C=O) groups is 1. The Hall–Kier alpha value is -2.03. The molecule has 0 amide bonds. The molecule has 2 rings (SSSR count). The lowest BCUT2D eigenvalue weighted by molar-refractivity contribution is -0.141. The van der Waals surface area contributed by atoms with Crippen molar-refractivity contribution >= 4 is 16.7 Å². The van der Waals surface area contributed by atoms with E-state index in [-0.39, 0.29) is 0 Å². The third-order valence-corrected chi connectivity index (χ3v) is 2.84. The van der Waals surface area contributed by atoms with Gasteiger partial charge < -0.3 is 9.47 Å². The zero-order chi connectivity index (χ0) is 15.6. The highest BCUT2D eigenvalue weighted by Crippen LogP contribution is 2.25. The van der Waals surface area contributed by atoms with Crippen LogP contribution in [0.25, 0.3) is 10.8 Å². The van der Waals surface area contributed by atoms with Crippen LogP contribution in [0.1, 0.15) is 22.4 Å². The Morgan fingerprint density at radius 3 is 2.56 bits per heavy atom. The first-order valence-corrected chi connectivity index (χ1v) is 5.52. The van der Waals surface area contributed by atoms with Crippen LogP contribution >= 0.6 is 0 Å². The van der Waals surface area contributed by atoms with E-state index < -0.39 is 18.7 Å². The average Bonchev–Trinajstić information content (AvgIpc) is 2.45. The average molecular weight is 247 g/mol. The van der Waals surface area contributed by atoms with Crippen molar-refractivity contribution in [3.63, 3.8) is 0 Å². The van der Waals surface area contributed by atoms with Gasteiger partial charge in [-0.15, -0.1) is 0 Å². The monoisotopic (exact) mass is 247 g/mol. The zero-order valence-electron chi connectivity index (χ0n) is 13.3. The molecule has 0 N–H and O–H groups in total. The fourth-order valence-corrected chi connectivity index (χ4v) is 1.80. The summed E-state index contributed by atoms with van der Waals surface area (Å²) in [5, 5.41) is 1.75. The van der Waals surface area contributed by atoms with Crippen LogP contribution in [0.4, 0.5) is 0 Å². The minimum Gasteiger partial charge on any atom is -0.497 e. The molecule has 0 saturated carbocycles. The third-order valence-electron chi connectivity index (χ3n) is 2.84. The van der Waals surface area contributed by atoms with Crippen LogP contribution < -0.4 is 4.74 Å². The van der Waals surface area contributed by atoms with Crippen molar-refractivity contribution < 1.29 is 18.4 Å². The Labute approximate surface area is 111 Å². The summed E-state index contributed by atoms with van der Waals surface area (Å²) in [4.78, 5) is 11.8. The van der Waals surface area contributed by atoms with Crippen LogP contribution in [0.15, 0.2) is 36.4 Å². The highest BCUT2D eigenvalue weighted by Gasteiger charge is 2.15. The number of carbonyl (C=O) groups excluding carboxylic acids is 1. The molecule has 0 aliphatic rings. The van der Waals surface area contributed by atoms with Gasteiger partial charge in [0.1, 0.15) is 5.75 Å². The second-order valence-electron chi connectivity index (χ2n) is 3.93. The predicted molar refractivity (Wildman–Crippen MR) is 70.9 cm³/mol. The van der Waals surface area contributed by atoms with Crippen molar-refractivity contribution in [2.24, 2.45) is 0 Å². The Morgan fingerprint density at radius 2 is 1.89 bits per heavy atom. The first kappa shape index (κ1) is 8.97. The molecule has 0 aromatic heterocycles. The highest BCUT2D eigenvalue weighted by atomic mass is 16.5. The minimum atomic E-state index is -2.45. The van der Waals surface area contributed by atoms with Gasteiger partial charge >= 0.3 is 5.97 Å². The van der Waals surface area contributed by atoms with Crippen molar-refractivity contribution in [3.8, 4) is 5.75 Å². The Kier molecular flexibility index (Phi) is 2.54. The Bertz CT molecular complexity index is 665.